The molecule has 1 heterocycles. The summed E-state index contributed by atoms with van der Waals surface area (Å²) in [4.78, 5) is 38.3. The van der Waals surface area contributed by atoms with E-state index in [0.29, 0.717) is 6.42 Å². The van der Waals surface area contributed by atoms with E-state index < -0.39 is 19.7 Å². The molecule has 5 nitrogen and oxygen atoms in total. The van der Waals surface area contributed by atoms with Gasteiger partial charge in [0.2, 0.25) is 5.91 Å². The fourth-order valence-electron chi connectivity index (χ4n) is 3.81. The molecular weight excluding hydrogens is 346 g/mol. The Balaban J connectivity index is 2.67. The molecule has 0 unspecified atom stereocenters. The van der Waals surface area contributed by atoms with E-state index in [1.165, 1.54) is 11.8 Å². The van der Waals surface area contributed by atoms with E-state index >= 15 is 0 Å². The number of rotatable bonds is 4. The number of fused-ring (bicyclic) bond motifs is 1. The topological polar surface area (TPSA) is 63.7 Å². The van der Waals surface area contributed by atoms with Crippen LogP contribution < -0.4 is 0 Å². The fourth-order valence-corrected chi connectivity index (χ4v) is 4.39. The molecule has 6 heteroatoms. The highest BCUT2D eigenvalue weighted by molar-refractivity contribution is 6.83. The van der Waals surface area contributed by atoms with Crippen molar-refractivity contribution >= 4 is 26.2 Å². The normalized spacial score (nSPS) is 30.8. The standard InChI is InChI=1S/C20H29NO4Si/c1-14(2)25-18-17-9-7-8-16(10-12-22)20(17,11-13-26(4,5)6)19(24)21(18)15(3)23/h7-8,12,14,16-18H,9-10H2,1-6H3/t16-,17+,18+,20+/m1/s1. The van der Waals surface area contributed by atoms with Crippen LogP contribution in [0.5, 0.6) is 0 Å². The molecule has 4 atom stereocenters. The molecule has 0 aromatic rings. The molecule has 0 radical (unpaired) electrons. The van der Waals surface area contributed by atoms with Crippen LogP contribution in [-0.4, -0.2) is 43.4 Å². The van der Waals surface area contributed by atoms with Gasteiger partial charge < -0.3 is 9.53 Å². The quantitative estimate of drug-likeness (QED) is 0.328. The van der Waals surface area contributed by atoms with Gasteiger partial charge in [0.05, 0.1) is 6.10 Å². The van der Waals surface area contributed by atoms with Gasteiger partial charge in [0.25, 0.3) is 5.91 Å². The van der Waals surface area contributed by atoms with E-state index in [4.69, 9.17) is 4.74 Å². The third-order valence-electron chi connectivity index (χ3n) is 4.84. The lowest BCUT2D eigenvalue weighted by Crippen LogP contribution is -2.44. The lowest BCUT2D eigenvalue weighted by Gasteiger charge is -2.37. The smallest absolute Gasteiger partial charge is 0.250 e. The van der Waals surface area contributed by atoms with Crippen molar-refractivity contribution in [1.82, 2.24) is 4.90 Å². The van der Waals surface area contributed by atoms with Crippen molar-refractivity contribution in [3.05, 3.63) is 12.2 Å². The molecule has 0 spiro atoms. The van der Waals surface area contributed by atoms with Gasteiger partial charge in [-0.1, -0.05) is 37.7 Å². The van der Waals surface area contributed by atoms with Crippen LogP contribution in [0.3, 0.4) is 0 Å². The molecule has 26 heavy (non-hydrogen) atoms. The number of hydrogen-bond acceptors (Lipinski definition) is 4. The van der Waals surface area contributed by atoms with Gasteiger partial charge in [-0.25, -0.2) is 0 Å². The predicted molar refractivity (Wildman–Crippen MR) is 103 cm³/mol. The van der Waals surface area contributed by atoms with Crippen molar-refractivity contribution in [1.29, 1.82) is 0 Å². The summed E-state index contributed by atoms with van der Waals surface area (Å²) in [5.74, 6) is 2.03. The summed E-state index contributed by atoms with van der Waals surface area (Å²) < 4.78 is 6.01. The maximum Gasteiger partial charge on any atom is 0.250 e. The lowest BCUT2D eigenvalue weighted by molar-refractivity contribution is -0.157. The van der Waals surface area contributed by atoms with Gasteiger partial charge in [-0.3, -0.25) is 14.5 Å². The molecule has 0 saturated carbocycles. The Morgan fingerprint density at radius 2 is 2.12 bits per heavy atom. The van der Waals surface area contributed by atoms with Crippen LogP contribution in [0.1, 0.15) is 33.6 Å². The number of ether oxygens (including phenoxy) is 1. The van der Waals surface area contributed by atoms with Crippen LogP contribution in [-0.2, 0) is 19.1 Å². The van der Waals surface area contributed by atoms with Gasteiger partial charge in [0.1, 0.15) is 26.0 Å². The third-order valence-corrected chi connectivity index (χ3v) is 5.72. The minimum Gasteiger partial charge on any atom is -0.355 e. The Kier molecular flexibility index (Phi) is 5.94. The minimum atomic E-state index is -1.76. The molecule has 1 aliphatic heterocycles. The maximum absolute atomic E-state index is 13.5. The Hall–Kier alpha value is -1.71. The van der Waals surface area contributed by atoms with Gasteiger partial charge >= 0.3 is 0 Å². The van der Waals surface area contributed by atoms with Crippen LogP contribution in [0.2, 0.25) is 19.6 Å². The molecule has 0 N–H and O–H groups in total. The first-order valence-electron chi connectivity index (χ1n) is 9.19. The maximum atomic E-state index is 13.5. The summed E-state index contributed by atoms with van der Waals surface area (Å²) in [5.41, 5.74) is 2.26. The highest BCUT2D eigenvalue weighted by Crippen LogP contribution is 2.53. The number of carbonyl (C=O) groups excluding carboxylic acids is 3. The number of likely N-dealkylation sites (tertiary alicyclic amines) is 1. The van der Waals surface area contributed by atoms with Crippen LogP contribution in [0.4, 0.5) is 0 Å². The van der Waals surface area contributed by atoms with Gasteiger partial charge in [-0.05, 0) is 20.3 Å². The Morgan fingerprint density at radius 3 is 2.62 bits per heavy atom. The van der Waals surface area contributed by atoms with E-state index in [1.807, 2.05) is 26.0 Å². The first-order chi connectivity index (χ1) is 12.0. The fraction of sp³-hybridized carbons (Fsp3) is 0.650. The molecule has 2 aliphatic rings. The summed E-state index contributed by atoms with van der Waals surface area (Å²) >= 11 is 0. The second kappa shape index (κ2) is 7.49. The van der Waals surface area contributed by atoms with Gasteiger partial charge in [-0.15, -0.1) is 5.54 Å². The SMILES string of the molecule is CC(=O)N1C(=O)[C@@]2(C#C[Si](C)(C)C)[C@@H](CC=O)C=CC[C@H]2[C@@H]1OC(C)C. The molecule has 0 bridgehead atoms. The summed E-state index contributed by atoms with van der Waals surface area (Å²) in [5, 5.41) is 0. The molecule has 2 amide bonds. The number of carbonyl (C=O) groups is 3. The summed E-state index contributed by atoms with van der Waals surface area (Å²) in [7, 11) is -1.76. The zero-order valence-corrected chi connectivity index (χ0v) is 17.5. The summed E-state index contributed by atoms with van der Waals surface area (Å²) in [6.07, 6.45) is 4.76. The number of imide groups is 1. The van der Waals surface area contributed by atoms with E-state index in [-0.39, 0.29) is 36.2 Å². The molecule has 1 saturated heterocycles. The average Bonchev–Trinajstić information content (AvgIpc) is 2.75. The van der Waals surface area contributed by atoms with Crippen molar-refractivity contribution in [3.8, 4) is 11.5 Å². The van der Waals surface area contributed by atoms with Crippen LogP contribution in [0, 0.1) is 28.7 Å². The Bertz CT molecular complexity index is 682. The average molecular weight is 376 g/mol. The van der Waals surface area contributed by atoms with Crippen LogP contribution in [0.25, 0.3) is 0 Å². The third kappa shape index (κ3) is 3.69. The predicted octanol–water partition coefficient (Wildman–Crippen LogP) is 2.77. The van der Waals surface area contributed by atoms with Crippen molar-refractivity contribution in [2.45, 2.75) is 65.6 Å². The molecule has 0 aromatic carbocycles. The molecule has 1 aliphatic carbocycles. The highest BCUT2D eigenvalue weighted by Gasteiger charge is 2.63. The molecule has 142 valence electrons. The zero-order valence-electron chi connectivity index (χ0n) is 16.5. The first kappa shape index (κ1) is 20.6. The second-order valence-electron chi connectivity index (χ2n) is 8.42. The Morgan fingerprint density at radius 1 is 1.46 bits per heavy atom. The minimum absolute atomic E-state index is 0.133. The monoisotopic (exact) mass is 375 g/mol. The Labute approximate surface area is 157 Å². The number of nitrogens with zero attached hydrogens (tertiary/aromatic N) is 1. The lowest BCUT2D eigenvalue weighted by atomic mass is 9.63. The van der Waals surface area contributed by atoms with E-state index in [2.05, 4.69) is 31.1 Å². The number of aldehydes is 1. The van der Waals surface area contributed by atoms with Gasteiger partial charge in [0.15, 0.2) is 0 Å². The molecular formula is C20H29NO4Si. The second-order valence-corrected chi connectivity index (χ2v) is 13.2. The first-order valence-corrected chi connectivity index (χ1v) is 12.7. The molecule has 0 aromatic heterocycles. The van der Waals surface area contributed by atoms with Gasteiger partial charge in [0, 0.05) is 25.2 Å². The van der Waals surface area contributed by atoms with Crippen molar-refractivity contribution in [2.75, 3.05) is 0 Å². The van der Waals surface area contributed by atoms with E-state index in [0.717, 1.165) is 6.29 Å². The zero-order chi connectivity index (χ0) is 19.7. The number of hydrogen-bond donors (Lipinski definition) is 0. The van der Waals surface area contributed by atoms with Crippen molar-refractivity contribution in [2.24, 2.45) is 17.3 Å². The number of amides is 2. The molecule has 2 rings (SSSR count). The summed E-state index contributed by atoms with van der Waals surface area (Å²) in [6, 6.07) is 0. The van der Waals surface area contributed by atoms with Crippen molar-refractivity contribution in [3.63, 3.8) is 0 Å². The number of allylic oxidation sites excluding steroid dienone is 2. The van der Waals surface area contributed by atoms with E-state index in [1.54, 1.807) is 0 Å². The highest BCUT2D eigenvalue weighted by atomic mass is 28.3. The van der Waals surface area contributed by atoms with Crippen LogP contribution >= 0.6 is 0 Å². The summed E-state index contributed by atoms with van der Waals surface area (Å²) in [6.45, 7) is 11.5. The van der Waals surface area contributed by atoms with Gasteiger partial charge in [-0.2, -0.15) is 0 Å². The largest absolute Gasteiger partial charge is 0.355 e. The van der Waals surface area contributed by atoms with Crippen molar-refractivity contribution < 1.29 is 19.1 Å². The van der Waals surface area contributed by atoms with E-state index in [9.17, 15) is 14.4 Å². The molecule has 1 fully saturated rings. The van der Waals surface area contributed by atoms with Crippen LogP contribution in [0.15, 0.2) is 12.2 Å².